The second-order valence-corrected chi connectivity index (χ2v) is 5.11. The van der Waals surface area contributed by atoms with Crippen LogP contribution in [0.25, 0.3) is 0 Å². The molecule has 1 aliphatic heterocycles. The fraction of sp³-hybridized carbons (Fsp3) is 0.533. The van der Waals surface area contributed by atoms with Crippen LogP contribution in [0.5, 0.6) is 0 Å². The quantitative estimate of drug-likeness (QED) is 0.833. The summed E-state index contributed by atoms with van der Waals surface area (Å²) >= 11 is 0. The van der Waals surface area contributed by atoms with Gasteiger partial charge in [0.05, 0.1) is 7.11 Å². The number of ether oxygens (including phenoxy) is 1. The number of carbonyl (C=O) groups is 1. The number of nitrogens with zero attached hydrogens (tertiary/aromatic N) is 1. The van der Waals surface area contributed by atoms with Crippen LogP contribution < -0.4 is 5.32 Å². The standard InChI is InChI=1S/C15H22N2O2/c1-17(11-12-6-4-3-5-7-12)13-8-9-16-14(10-13)15(18)19-2/h3-7,13-14,16H,8-11H2,1-2H3/t13-,14+/m1/s1. The predicted molar refractivity (Wildman–Crippen MR) is 74.7 cm³/mol. The summed E-state index contributed by atoms with van der Waals surface area (Å²) in [5.41, 5.74) is 1.30. The lowest BCUT2D eigenvalue weighted by molar-refractivity contribution is -0.144. The van der Waals surface area contributed by atoms with Gasteiger partial charge in [-0.3, -0.25) is 9.69 Å². The third-order valence-corrected chi connectivity index (χ3v) is 3.76. The van der Waals surface area contributed by atoms with E-state index in [9.17, 15) is 4.79 Å². The normalized spacial score (nSPS) is 23.3. The van der Waals surface area contributed by atoms with E-state index in [2.05, 4.69) is 41.5 Å². The first kappa shape index (κ1) is 14.0. The van der Waals surface area contributed by atoms with Crippen molar-refractivity contribution in [2.45, 2.75) is 31.5 Å². The summed E-state index contributed by atoms with van der Waals surface area (Å²) in [6, 6.07) is 10.7. The molecule has 1 fully saturated rings. The molecule has 1 heterocycles. The Morgan fingerprint density at radius 1 is 1.42 bits per heavy atom. The minimum Gasteiger partial charge on any atom is -0.468 e. The van der Waals surface area contributed by atoms with Crippen molar-refractivity contribution in [2.24, 2.45) is 0 Å². The summed E-state index contributed by atoms with van der Waals surface area (Å²) in [7, 11) is 3.57. The number of methoxy groups -OCH3 is 1. The van der Waals surface area contributed by atoms with Crippen LogP contribution in [0.2, 0.25) is 0 Å². The summed E-state index contributed by atoms with van der Waals surface area (Å²) in [5, 5.41) is 3.22. The third-order valence-electron chi connectivity index (χ3n) is 3.76. The minimum absolute atomic E-state index is 0.155. The highest BCUT2D eigenvalue weighted by Crippen LogP contribution is 2.17. The Hall–Kier alpha value is -1.39. The fourth-order valence-electron chi connectivity index (χ4n) is 2.62. The zero-order valence-corrected chi connectivity index (χ0v) is 11.6. The van der Waals surface area contributed by atoms with Crippen molar-refractivity contribution in [1.29, 1.82) is 0 Å². The molecule has 1 saturated heterocycles. The molecule has 0 aromatic heterocycles. The number of benzene rings is 1. The molecule has 1 aliphatic rings. The summed E-state index contributed by atoms with van der Waals surface area (Å²) < 4.78 is 4.82. The monoisotopic (exact) mass is 262 g/mol. The Balaban J connectivity index is 1.92. The fourth-order valence-corrected chi connectivity index (χ4v) is 2.62. The molecule has 104 valence electrons. The van der Waals surface area contributed by atoms with Gasteiger partial charge < -0.3 is 10.1 Å². The molecular formula is C15H22N2O2. The molecule has 0 aliphatic carbocycles. The molecule has 1 N–H and O–H groups in total. The molecular weight excluding hydrogens is 240 g/mol. The zero-order valence-electron chi connectivity index (χ0n) is 11.6. The SMILES string of the molecule is COC(=O)[C@@H]1C[C@H](N(C)Cc2ccccc2)CCN1. The van der Waals surface area contributed by atoms with E-state index in [0.717, 1.165) is 25.9 Å². The van der Waals surface area contributed by atoms with Crippen molar-refractivity contribution < 1.29 is 9.53 Å². The lowest BCUT2D eigenvalue weighted by Crippen LogP contribution is -2.50. The van der Waals surface area contributed by atoms with Crippen LogP contribution in [0.3, 0.4) is 0 Å². The van der Waals surface area contributed by atoms with Crippen LogP contribution in [0, 0.1) is 0 Å². The van der Waals surface area contributed by atoms with E-state index < -0.39 is 0 Å². The number of carbonyl (C=O) groups excluding carboxylic acids is 1. The number of piperidine rings is 1. The van der Waals surface area contributed by atoms with E-state index in [1.165, 1.54) is 12.7 Å². The molecule has 0 saturated carbocycles. The maximum absolute atomic E-state index is 11.6. The molecule has 2 rings (SSSR count). The Labute approximate surface area is 114 Å². The Morgan fingerprint density at radius 2 is 2.16 bits per heavy atom. The smallest absolute Gasteiger partial charge is 0.322 e. The van der Waals surface area contributed by atoms with Crippen LogP contribution in [0.4, 0.5) is 0 Å². The van der Waals surface area contributed by atoms with Gasteiger partial charge in [-0.05, 0) is 32.0 Å². The molecule has 2 atom stereocenters. The van der Waals surface area contributed by atoms with E-state index in [1.54, 1.807) is 0 Å². The van der Waals surface area contributed by atoms with Gasteiger partial charge >= 0.3 is 5.97 Å². The van der Waals surface area contributed by atoms with Crippen molar-refractivity contribution in [3.8, 4) is 0 Å². The Bertz CT molecular complexity index is 408. The molecule has 0 bridgehead atoms. The molecule has 0 spiro atoms. The number of hydrogen-bond donors (Lipinski definition) is 1. The number of esters is 1. The Kier molecular flexibility index (Phi) is 4.93. The largest absolute Gasteiger partial charge is 0.468 e. The van der Waals surface area contributed by atoms with Crippen molar-refractivity contribution in [3.63, 3.8) is 0 Å². The summed E-state index contributed by atoms with van der Waals surface area (Å²) in [4.78, 5) is 13.9. The first-order chi connectivity index (χ1) is 9.20. The predicted octanol–water partition coefficient (Wildman–Crippen LogP) is 1.41. The van der Waals surface area contributed by atoms with Crippen molar-refractivity contribution in [2.75, 3.05) is 20.7 Å². The molecule has 0 radical (unpaired) electrons. The van der Waals surface area contributed by atoms with Crippen LogP contribution in [-0.2, 0) is 16.1 Å². The van der Waals surface area contributed by atoms with E-state index >= 15 is 0 Å². The van der Waals surface area contributed by atoms with Gasteiger partial charge in [0.15, 0.2) is 0 Å². The molecule has 4 heteroatoms. The summed E-state index contributed by atoms with van der Waals surface area (Å²) in [5.74, 6) is -0.155. The highest BCUT2D eigenvalue weighted by atomic mass is 16.5. The molecule has 1 aromatic rings. The van der Waals surface area contributed by atoms with Crippen molar-refractivity contribution in [1.82, 2.24) is 10.2 Å². The van der Waals surface area contributed by atoms with Gasteiger partial charge in [0.2, 0.25) is 0 Å². The number of rotatable bonds is 4. The van der Waals surface area contributed by atoms with Gasteiger partial charge in [-0.1, -0.05) is 30.3 Å². The summed E-state index contributed by atoms with van der Waals surface area (Å²) in [6.07, 6.45) is 1.88. The van der Waals surface area contributed by atoms with Gasteiger partial charge in [-0.15, -0.1) is 0 Å². The highest BCUT2D eigenvalue weighted by Gasteiger charge is 2.29. The van der Waals surface area contributed by atoms with E-state index in [0.29, 0.717) is 6.04 Å². The lowest BCUT2D eigenvalue weighted by Gasteiger charge is -2.35. The third kappa shape index (κ3) is 3.78. The molecule has 1 aromatic carbocycles. The van der Waals surface area contributed by atoms with Gasteiger partial charge in [-0.25, -0.2) is 0 Å². The first-order valence-corrected chi connectivity index (χ1v) is 6.76. The second kappa shape index (κ2) is 6.68. The van der Waals surface area contributed by atoms with Gasteiger partial charge in [-0.2, -0.15) is 0 Å². The number of nitrogens with one attached hydrogen (secondary N) is 1. The maximum atomic E-state index is 11.6. The van der Waals surface area contributed by atoms with E-state index in [1.807, 2.05) is 6.07 Å². The van der Waals surface area contributed by atoms with Crippen LogP contribution >= 0.6 is 0 Å². The van der Waals surface area contributed by atoms with Crippen LogP contribution in [0.1, 0.15) is 18.4 Å². The van der Waals surface area contributed by atoms with Gasteiger partial charge in [0, 0.05) is 12.6 Å². The Morgan fingerprint density at radius 3 is 2.84 bits per heavy atom. The minimum atomic E-state index is -0.165. The first-order valence-electron chi connectivity index (χ1n) is 6.76. The molecule has 4 nitrogen and oxygen atoms in total. The van der Waals surface area contributed by atoms with Gasteiger partial charge in [0.25, 0.3) is 0 Å². The molecule has 19 heavy (non-hydrogen) atoms. The highest BCUT2D eigenvalue weighted by molar-refractivity contribution is 5.75. The second-order valence-electron chi connectivity index (χ2n) is 5.11. The summed E-state index contributed by atoms with van der Waals surface area (Å²) in [6.45, 7) is 1.78. The van der Waals surface area contributed by atoms with Gasteiger partial charge in [0.1, 0.15) is 6.04 Å². The number of hydrogen-bond acceptors (Lipinski definition) is 4. The van der Waals surface area contributed by atoms with Crippen LogP contribution in [0.15, 0.2) is 30.3 Å². The lowest BCUT2D eigenvalue weighted by atomic mass is 9.98. The van der Waals surface area contributed by atoms with E-state index in [-0.39, 0.29) is 12.0 Å². The average molecular weight is 262 g/mol. The van der Waals surface area contributed by atoms with Crippen molar-refractivity contribution in [3.05, 3.63) is 35.9 Å². The topological polar surface area (TPSA) is 41.6 Å². The molecule has 0 amide bonds. The maximum Gasteiger partial charge on any atom is 0.322 e. The van der Waals surface area contributed by atoms with Crippen molar-refractivity contribution >= 4 is 5.97 Å². The van der Waals surface area contributed by atoms with Crippen LogP contribution in [-0.4, -0.2) is 43.7 Å². The zero-order chi connectivity index (χ0) is 13.7. The average Bonchev–Trinajstić information content (AvgIpc) is 2.47. The molecule has 0 unspecified atom stereocenters. The van der Waals surface area contributed by atoms with E-state index in [4.69, 9.17) is 4.74 Å².